The Labute approximate surface area is 244 Å². The first-order valence-electron chi connectivity index (χ1n) is 17.5. The normalized spacial score (nSPS) is 11.5. The summed E-state index contributed by atoms with van der Waals surface area (Å²) in [6, 6.07) is 0. The highest BCUT2D eigenvalue weighted by Gasteiger charge is 1.97. The molecule has 1 heteroatoms. The fraction of sp³-hybridized carbons (Fsp3) is 1.00. The van der Waals surface area contributed by atoms with Gasteiger partial charge in [0.1, 0.15) is 0 Å². The molecule has 0 N–H and O–H groups in total. The number of hydrogen-bond acceptors (Lipinski definition) is 0. The smallest absolute Gasteiger partial charge is 0.000473 e. The highest BCUT2D eigenvalue weighted by Crippen LogP contribution is 2.17. The van der Waals surface area contributed by atoms with Crippen LogP contribution in [0.4, 0.5) is 0 Å². The minimum Gasteiger partial charge on any atom is -0.0864 e. The molecule has 0 radical (unpaired) electrons. The van der Waals surface area contributed by atoms with E-state index in [1.54, 1.807) is 0 Å². The third-order valence-electron chi connectivity index (χ3n) is 8.24. The first kappa shape index (κ1) is 36.7. The summed E-state index contributed by atoms with van der Waals surface area (Å²) in [5, 5.41) is 0. The van der Waals surface area contributed by atoms with Crippen molar-refractivity contribution in [3.8, 4) is 0 Å². The quantitative estimate of drug-likeness (QED) is 0.0390. The molecule has 0 spiro atoms. The van der Waals surface area contributed by atoms with Gasteiger partial charge in [-0.05, 0) is 10.8 Å². The van der Waals surface area contributed by atoms with Crippen molar-refractivity contribution in [2.75, 3.05) is 4.43 Å². The second-order valence-electron chi connectivity index (χ2n) is 12.0. The van der Waals surface area contributed by atoms with Crippen LogP contribution < -0.4 is 0 Å². The van der Waals surface area contributed by atoms with E-state index in [-0.39, 0.29) is 0 Å². The van der Waals surface area contributed by atoms with Crippen LogP contribution in [0, 0.1) is 0 Å². The zero-order chi connectivity index (χ0) is 26.0. The van der Waals surface area contributed by atoms with Gasteiger partial charge in [0.2, 0.25) is 0 Å². The minimum absolute atomic E-state index is 1.34. The van der Waals surface area contributed by atoms with Crippen molar-refractivity contribution in [1.82, 2.24) is 0 Å². The van der Waals surface area contributed by atoms with Crippen LogP contribution in [0.3, 0.4) is 0 Å². The van der Waals surface area contributed by atoms with E-state index >= 15 is 0 Å². The molecule has 0 aromatic carbocycles. The molecule has 0 rings (SSSR count). The van der Waals surface area contributed by atoms with Gasteiger partial charge in [0, 0.05) is 0 Å². The molecule has 0 bridgehead atoms. The molecular formula is C35H71I. The van der Waals surface area contributed by atoms with Crippen LogP contribution in [0.15, 0.2) is 0 Å². The summed E-state index contributed by atoms with van der Waals surface area (Å²) in [5.74, 6) is 0. The van der Waals surface area contributed by atoms with Crippen LogP contribution in [-0.2, 0) is 0 Å². The SMILES string of the molecule is CCCCCCCCCCCCCCCCCCCCCCCCCCCCCCCCCCCI. The fourth-order valence-corrected chi connectivity index (χ4v) is 6.19. The van der Waals surface area contributed by atoms with Crippen LogP contribution in [0.1, 0.15) is 219 Å². The molecule has 0 amide bonds. The summed E-state index contributed by atoms with van der Waals surface area (Å²) in [6.45, 7) is 2.31. The van der Waals surface area contributed by atoms with Crippen LogP contribution in [0.5, 0.6) is 0 Å². The summed E-state index contributed by atoms with van der Waals surface area (Å²) in [6.07, 6.45) is 49.0. The number of unbranched alkanes of at least 4 members (excludes halogenated alkanes) is 32. The highest BCUT2D eigenvalue weighted by molar-refractivity contribution is 14.1. The lowest BCUT2D eigenvalue weighted by Crippen LogP contribution is -1.85. The van der Waals surface area contributed by atoms with E-state index in [0.717, 1.165) is 0 Å². The Bertz CT molecular complexity index is 319. The van der Waals surface area contributed by atoms with E-state index in [9.17, 15) is 0 Å². The van der Waals surface area contributed by atoms with Crippen molar-refractivity contribution in [2.45, 2.75) is 219 Å². The topological polar surface area (TPSA) is 0 Å². The van der Waals surface area contributed by atoms with Crippen molar-refractivity contribution >= 4 is 22.6 Å². The molecule has 0 aliphatic heterocycles. The average molecular weight is 619 g/mol. The standard InChI is InChI=1S/C35H71I/c1-2-3-4-5-6-7-8-9-10-11-12-13-14-15-16-17-18-19-20-21-22-23-24-25-26-27-28-29-30-31-32-33-34-35-36/h2-35H2,1H3. The van der Waals surface area contributed by atoms with Gasteiger partial charge in [-0.15, -0.1) is 0 Å². The van der Waals surface area contributed by atoms with Crippen molar-refractivity contribution in [3.05, 3.63) is 0 Å². The Hall–Kier alpha value is 0.730. The molecule has 218 valence electrons. The van der Waals surface area contributed by atoms with E-state index in [4.69, 9.17) is 0 Å². The maximum absolute atomic E-state index is 2.50. The number of rotatable bonds is 33. The van der Waals surface area contributed by atoms with Crippen molar-refractivity contribution in [1.29, 1.82) is 0 Å². The van der Waals surface area contributed by atoms with Crippen LogP contribution in [-0.4, -0.2) is 4.43 Å². The van der Waals surface area contributed by atoms with E-state index in [1.165, 1.54) is 216 Å². The number of hydrogen-bond donors (Lipinski definition) is 0. The van der Waals surface area contributed by atoms with Gasteiger partial charge in [-0.25, -0.2) is 0 Å². The molecule has 0 aromatic rings. The van der Waals surface area contributed by atoms with E-state index in [1.807, 2.05) is 0 Å². The molecule has 0 aliphatic rings. The third-order valence-corrected chi connectivity index (χ3v) is 9.00. The molecule has 0 saturated heterocycles. The average Bonchev–Trinajstić information content (AvgIpc) is 2.89. The molecule has 0 aliphatic carbocycles. The molecule has 36 heavy (non-hydrogen) atoms. The summed E-state index contributed by atoms with van der Waals surface area (Å²) in [5.41, 5.74) is 0. The largest absolute Gasteiger partial charge is 0.0864 e. The maximum atomic E-state index is 2.50. The van der Waals surface area contributed by atoms with Crippen molar-refractivity contribution in [2.24, 2.45) is 0 Å². The Morgan fingerprint density at radius 2 is 0.361 bits per heavy atom. The van der Waals surface area contributed by atoms with Crippen LogP contribution >= 0.6 is 22.6 Å². The van der Waals surface area contributed by atoms with Gasteiger partial charge in [-0.3, -0.25) is 0 Å². The zero-order valence-corrected chi connectivity index (χ0v) is 27.6. The van der Waals surface area contributed by atoms with Crippen LogP contribution in [0.2, 0.25) is 0 Å². The van der Waals surface area contributed by atoms with Gasteiger partial charge in [-0.2, -0.15) is 0 Å². The van der Waals surface area contributed by atoms with Crippen molar-refractivity contribution < 1.29 is 0 Å². The predicted molar refractivity (Wildman–Crippen MR) is 177 cm³/mol. The maximum Gasteiger partial charge on any atom is -0.000473 e. The second-order valence-corrected chi connectivity index (χ2v) is 13.1. The number of alkyl halides is 1. The van der Waals surface area contributed by atoms with Crippen LogP contribution in [0.25, 0.3) is 0 Å². The number of halogens is 1. The Morgan fingerprint density at radius 1 is 0.222 bits per heavy atom. The lowest BCUT2D eigenvalue weighted by molar-refractivity contribution is 0.512. The molecule has 0 heterocycles. The summed E-state index contributed by atoms with van der Waals surface area (Å²) >= 11 is 2.50. The van der Waals surface area contributed by atoms with Gasteiger partial charge in [0.05, 0.1) is 0 Å². The lowest BCUT2D eigenvalue weighted by atomic mass is 10.0. The molecular weight excluding hydrogens is 547 g/mol. The Morgan fingerprint density at radius 3 is 0.500 bits per heavy atom. The predicted octanol–water partition coefficient (Wildman–Crippen LogP) is 14.3. The van der Waals surface area contributed by atoms with Gasteiger partial charge >= 0.3 is 0 Å². The first-order chi connectivity index (χ1) is 17.9. The third kappa shape index (κ3) is 34.7. The minimum atomic E-state index is 1.34. The summed E-state index contributed by atoms with van der Waals surface area (Å²) in [7, 11) is 0. The van der Waals surface area contributed by atoms with Crippen molar-refractivity contribution in [3.63, 3.8) is 0 Å². The highest BCUT2D eigenvalue weighted by atomic mass is 127. The Balaban J connectivity index is 3.00. The molecule has 0 atom stereocenters. The second kappa shape index (κ2) is 35.7. The fourth-order valence-electron chi connectivity index (χ4n) is 5.65. The molecule has 0 fully saturated rings. The van der Waals surface area contributed by atoms with E-state index in [0.29, 0.717) is 0 Å². The van der Waals surface area contributed by atoms with E-state index < -0.39 is 0 Å². The summed E-state index contributed by atoms with van der Waals surface area (Å²) in [4.78, 5) is 0. The van der Waals surface area contributed by atoms with Gasteiger partial charge in [0.25, 0.3) is 0 Å². The zero-order valence-electron chi connectivity index (χ0n) is 25.4. The molecule has 0 aromatic heterocycles. The molecule has 0 nitrogen and oxygen atoms in total. The van der Waals surface area contributed by atoms with Gasteiger partial charge in [0.15, 0.2) is 0 Å². The van der Waals surface area contributed by atoms with Gasteiger partial charge < -0.3 is 0 Å². The first-order valence-corrected chi connectivity index (χ1v) is 19.0. The molecule has 0 saturated carbocycles. The van der Waals surface area contributed by atoms with Gasteiger partial charge in [-0.1, -0.05) is 235 Å². The summed E-state index contributed by atoms with van der Waals surface area (Å²) < 4.78 is 1.34. The Kier molecular flexibility index (Phi) is 36.5. The lowest BCUT2D eigenvalue weighted by Gasteiger charge is -2.05. The monoisotopic (exact) mass is 618 g/mol. The van der Waals surface area contributed by atoms with E-state index in [2.05, 4.69) is 29.5 Å². The molecule has 0 unspecified atom stereocenters.